The summed E-state index contributed by atoms with van der Waals surface area (Å²) in [6.45, 7) is 4.41. The zero-order chi connectivity index (χ0) is 20.9. The van der Waals surface area contributed by atoms with Crippen LogP contribution in [0.15, 0.2) is 60.3 Å². The second-order valence-corrected chi connectivity index (χ2v) is 8.25. The fourth-order valence-corrected chi connectivity index (χ4v) is 4.68. The van der Waals surface area contributed by atoms with Crippen molar-refractivity contribution in [3.8, 4) is 17.1 Å². The summed E-state index contributed by atoms with van der Waals surface area (Å²) >= 11 is 1.41. The van der Waals surface area contributed by atoms with Crippen molar-refractivity contribution in [2.24, 2.45) is 0 Å². The fraction of sp³-hybridized carbons (Fsp3) is 0.292. The van der Waals surface area contributed by atoms with Crippen molar-refractivity contribution in [3.63, 3.8) is 0 Å². The molecule has 0 spiro atoms. The maximum absolute atomic E-state index is 12.8. The number of methoxy groups -OCH3 is 1. The molecule has 4 rings (SSSR count). The molecule has 1 aliphatic rings. The number of ketones is 1. The maximum Gasteiger partial charge on any atom is 0.192 e. The highest BCUT2D eigenvalue weighted by atomic mass is 32.2. The van der Waals surface area contributed by atoms with Crippen LogP contribution in [0.1, 0.15) is 34.3 Å². The lowest BCUT2D eigenvalue weighted by Gasteiger charge is -2.16. The van der Waals surface area contributed by atoms with Gasteiger partial charge < -0.3 is 4.74 Å². The van der Waals surface area contributed by atoms with Gasteiger partial charge in [0, 0.05) is 12.1 Å². The summed E-state index contributed by atoms with van der Waals surface area (Å²) in [7, 11) is 1.64. The number of allylic oxidation sites excluding steroid dienone is 1. The lowest BCUT2D eigenvalue weighted by molar-refractivity contribution is 0.102. The number of fused-ring (bicyclic) bond motifs is 1. The molecule has 30 heavy (non-hydrogen) atoms. The van der Waals surface area contributed by atoms with Crippen molar-refractivity contribution < 1.29 is 9.53 Å². The summed E-state index contributed by atoms with van der Waals surface area (Å²) in [5, 5.41) is 9.41. The largest absolute Gasteiger partial charge is 0.496 e. The molecule has 1 aliphatic carbocycles. The summed E-state index contributed by atoms with van der Waals surface area (Å²) < 4.78 is 7.44. The van der Waals surface area contributed by atoms with E-state index in [0.717, 1.165) is 29.7 Å². The Morgan fingerprint density at radius 3 is 2.77 bits per heavy atom. The van der Waals surface area contributed by atoms with E-state index in [2.05, 4.69) is 28.9 Å². The average molecular weight is 420 g/mol. The third-order valence-corrected chi connectivity index (χ3v) is 6.35. The average Bonchev–Trinajstić information content (AvgIpc) is 3.19. The van der Waals surface area contributed by atoms with Gasteiger partial charge in [-0.05, 0) is 55.0 Å². The number of rotatable bonds is 8. The number of carbonyl (C=O) groups excluding carboxylic acids is 1. The van der Waals surface area contributed by atoms with Gasteiger partial charge in [-0.3, -0.25) is 9.36 Å². The molecule has 0 radical (unpaired) electrons. The topological polar surface area (TPSA) is 57.0 Å². The van der Waals surface area contributed by atoms with Crippen LogP contribution in [0.2, 0.25) is 0 Å². The molecule has 1 aromatic heterocycles. The minimum atomic E-state index is 0.111. The van der Waals surface area contributed by atoms with E-state index in [1.807, 2.05) is 34.9 Å². The highest BCUT2D eigenvalue weighted by molar-refractivity contribution is 7.99. The molecule has 5 nitrogen and oxygen atoms in total. The van der Waals surface area contributed by atoms with Crippen molar-refractivity contribution >= 4 is 17.5 Å². The Bertz CT molecular complexity index is 1070. The van der Waals surface area contributed by atoms with E-state index in [4.69, 9.17) is 4.74 Å². The number of carbonyl (C=O) groups is 1. The number of hydrogen-bond acceptors (Lipinski definition) is 5. The van der Waals surface area contributed by atoms with Gasteiger partial charge in [0.2, 0.25) is 0 Å². The Labute approximate surface area is 181 Å². The lowest BCUT2D eigenvalue weighted by atomic mass is 9.90. The molecule has 154 valence electrons. The molecule has 0 unspecified atom stereocenters. The quantitative estimate of drug-likeness (QED) is 0.292. The number of aryl methyl sites for hydroxylation is 2. The lowest BCUT2D eigenvalue weighted by Crippen LogP contribution is -2.08. The number of nitrogens with zero attached hydrogens (tertiary/aromatic N) is 3. The number of para-hydroxylation sites is 1. The zero-order valence-electron chi connectivity index (χ0n) is 17.1. The molecule has 0 bridgehead atoms. The second kappa shape index (κ2) is 9.30. The van der Waals surface area contributed by atoms with Gasteiger partial charge in [0.1, 0.15) is 5.75 Å². The van der Waals surface area contributed by atoms with E-state index >= 15 is 0 Å². The first-order valence-corrected chi connectivity index (χ1v) is 11.1. The maximum atomic E-state index is 12.8. The van der Waals surface area contributed by atoms with Crippen LogP contribution in [0, 0.1) is 0 Å². The first kappa shape index (κ1) is 20.4. The third-order valence-electron chi connectivity index (χ3n) is 5.38. The third kappa shape index (κ3) is 4.19. The smallest absolute Gasteiger partial charge is 0.192 e. The minimum absolute atomic E-state index is 0.111. The van der Waals surface area contributed by atoms with Crippen LogP contribution in [0.4, 0.5) is 0 Å². The summed E-state index contributed by atoms with van der Waals surface area (Å²) in [5.74, 6) is 1.87. The zero-order valence-corrected chi connectivity index (χ0v) is 18.0. The number of aromatic nitrogens is 3. The van der Waals surface area contributed by atoms with Crippen LogP contribution in [0.3, 0.4) is 0 Å². The Balaban J connectivity index is 1.54. The van der Waals surface area contributed by atoms with E-state index < -0.39 is 0 Å². The van der Waals surface area contributed by atoms with Crippen molar-refractivity contribution in [1.29, 1.82) is 0 Å². The summed E-state index contributed by atoms with van der Waals surface area (Å²) in [4.78, 5) is 12.8. The number of hydrogen-bond donors (Lipinski definition) is 0. The minimum Gasteiger partial charge on any atom is -0.496 e. The SMILES string of the molecule is C=CCn1c(SCC(=O)c2ccc3c(c2)CCCC3)nnc1-c1ccccc1OC. The van der Waals surface area contributed by atoms with Crippen LogP contribution in [-0.4, -0.2) is 33.4 Å². The van der Waals surface area contributed by atoms with E-state index in [-0.39, 0.29) is 5.78 Å². The van der Waals surface area contributed by atoms with Gasteiger partial charge in [-0.1, -0.05) is 42.1 Å². The second-order valence-electron chi connectivity index (χ2n) is 7.31. The van der Waals surface area contributed by atoms with Gasteiger partial charge in [0.25, 0.3) is 0 Å². The van der Waals surface area contributed by atoms with Crippen LogP contribution in [-0.2, 0) is 19.4 Å². The molecule has 0 amide bonds. The highest BCUT2D eigenvalue weighted by Crippen LogP contribution is 2.31. The molecule has 0 fully saturated rings. The molecule has 0 aliphatic heterocycles. The molecule has 3 aromatic rings. The molecule has 0 saturated heterocycles. The fourth-order valence-electron chi connectivity index (χ4n) is 3.84. The molecule has 0 N–H and O–H groups in total. The molecule has 1 heterocycles. The molecule has 0 atom stereocenters. The van der Waals surface area contributed by atoms with Gasteiger partial charge >= 0.3 is 0 Å². The van der Waals surface area contributed by atoms with E-state index in [1.54, 1.807) is 13.2 Å². The number of Topliss-reactive ketones (excluding diaryl/α,β-unsaturated/α-hetero) is 1. The van der Waals surface area contributed by atoms with Crippen LogP contribution >= 0.6 is 11.8 Å². The Morgan fingerprint density at radius 2 is 1.97 bits per heavy atom. The van der Waals surface area contributed by atoms with Crippen molar-refractivity contribution in [2.45, 2.75) is 37.4 Å². The van der Waals surface area contributed by atoms with Crippen LogP contribution < -0.4 is 4.74 Å². The molecular weight excluding hydrogens is 394 g/mol. The molecule has 6 heteroatoms. The Hall–Kier alpha value is -2.86. The van der Waals surface area contributed by atoms with Gasteiger partial charge in [-0.25, -0.2) is 0 Å². The van der Waals surface area contributed by atoms with E-state index in [9.17, 15) is 4.79 Å². The number of ether oxygens (including phenoxy) is 1. The predicted octanol–water partition coefficient (Wildman–Crippen LogP) is 4.99. The first-order chi connectivity index (χ1) is 14.7. The van der Waals surface area contributed by atoms with Crippen molar-refractivity contribution in [2.75, 3.05) is 12.9 Å². The predicted molar refractivity (Wildman–Crippen MR) is 120 cm³/mol. The van der Waals surface area contributed by atoms with Gasteiger partial charge in [0.15, 0.2) is 16.8 Å². The van der Waals surface area contributed by atoms with Gasteiger partial charge in [0.05, 0.1) is 18.4 Å². The van der Waals surface area contributed by atoms with Gasteiger partial charge in [-0.15, -0.1) is 16.8 Å². The van der Waals surface area contributed by atoms with E-state index in [0.29, 0.717) is 23.3 Å². The monoisotopic (exact) mass is 419 g/mol. The normalized spacial score (nSPS) is 13.0. The molecular formula is C24H25N3O2S. The molecule has 2 aromatic carbocycles. The standard InChI is InChI=1S/C24H25N3O2S/c1-3-14-27-23(20-10-6-7-11-22(20)29-2)25-26-24(27)30-16-21(28)19-13-12-17-8-4-5-9-18(17)15-19/h3,6-7,10-13,15H,1,4-5,8-9,14,16H2,2H3. The number of benzene rings is 2. The summed E-state index contributed by atoms with van der Waals surface area (Å²) in [6.07, 6.45) is 6.44. The van der Waals surface area contributed by atoms with Crippen LogP contribution in [0.25, 0.3) is 11.4 Å². The molecule has 0 saturated carbocycles. The van der Waals surface area contributed by atoms with Crippen molar-refractivity contribution in [1.82, 2.24) is 14.8 Å². The van der Waals surface area contributed by atoms with Crippen LogP contribution in [0.5, 0.6) is 5.75 Å². The Morgan fingerprint density at radius 1 is 1.17 bits per heavy atom. The van der Waals surface area contributed by atoms with E-state index in [1.165, 1.54) is 35.7 Å². The van der Waals surface area contributed by atoms with Gasteiger partial charge in [-0.2, -0.15) is 0 Å². The first-order valence-electron chi connectivity index (χ1n) is 10.2. The summed E-state index contributed by atoms with van der Waals surface area (Å²) in [5.41, 5.74) is 4.35. The Kier molecular flexibility index (Phi) is 6.33. The number of thioether (sulfide) groups is 1. The highest BCUT2D eigenvalue weighted by Gasteiger charge is 2.19. The summed E-state index contributed by atoms with van der Waals surface area (Å²) in [6, 6.07) is 13.9. The van der Waals surface area contributed by atoms with Crippen molar-refractivity contribution in [3.05, 3.63) is 71.8 Å².